The minimum atomic E-state index is -2.91. The standard InChI is InChI=1S/C16H20N4O2S/c1-11-5-12(2)7-14(6-11)20-16-8-15(17-10-18-16)19-13-3-4-23(21,22)9-13/h5-8,10,13H,3-4,9H2,1-2H3,(H2,17,18,19,20). The van der Waals surface area contributed by atoms with E-state index in [1.807, 2.05) is 26.0 Å². The summed E-state index contributed by atoms with van der Waals surface area (Å²) in [5.74, 6) is 1.71. The zero-order chi connectivity index (χ0) is 16.4. The van der Waals surface area contributed by atoms with Crippen molar-refractivity contribution in [3.8, 4) is 0 Å². The van der Waals surface area contributed by atoms with E-state index in [4.69, 9.17) is 0 Å². The van der Waals surface area contributed by atoms with E-state index in [1.165, 1.54) is 17.5 Å². The molecular formula is C16H20N4O2S. The van der Waals surface area contributed by atoms with Crippen LogP contribution in [0.1, 0.15) is 17.5 Å². The molecule has 1 saturated heterocycles. The predicted molar refractivity (Wildman–Crippen MR) is 91.9 cm³/mol. The smallest absolute Gasteiger partial charge is 0.152 e. The van der Waals surface area contributed by atoms with E-state index in [-0.39, 0.29) is 17.5 Å². The number of nitrogens with zero attached hydrogens (tertiary/aromatic N) is 2. The second-order valence-corrected chi connectivity index (χ2v) is 8.26. The molecule has 6 nitrogen and oxygen atoms in total. The quantitative estimate of drug-likeness (QED) is 0.894. The molecule has 1 aromatic heterocycles. The van der Waals surface area contributed by atoms with Crippen LogP contribution < -0.4 is 10.6 Å². The second kappa shape index (κ2) is 6.16. The van der Waals surface area contributed by atoms with E-state index in [0.29, 0.717) is 18.1 Å². The molecule has 0 saturated carbocycles. The van der Waals surface area contributed by atoms with E-state index in [0.717, 1.165) is 5.69 Å². The van der Waals surface area contributed by atoms with Gasteiger partial charge < -0.3 is 10.6 Å². The Bertz CT molecular complexity index is 800. The fraction of sp³-hybridized carbons (Fsp3) is 0.375. The molecule has 2 aromatic rings. The molecule has 1 unspecified atom stereocenters. The van der Waals surface area contributed by atoms with Crippen LogP contribution in [0.4, 0.5) is 17.3 Å². The van der Waals surface area contributed by atoms with Gasteiger partial charge in [0.15, 0.2) is 9.84 Å². The molecule has 7 heteroatoms. The van der Waals surface area contributed by atoms with Gasteiger partial charge in [-0.1, -0.05) is 6.07 Å². The van der Waals surface area contributed by atoms with Gasteiger partial charge in [-0.05, 0) is 43.5 Å². The van der Waals surface area contributed by atoms with Crippen molar-refractivity contribution in [2.75, 3.05) is 22.1 Å². The Hall–Kier alpha value is -2.15. The molecule has 2 heterocycles. The fourth-order valence-electron chi connectivity index (χ4n) is 2.82. The van der Waals surface area contributed by atoms with Gasteiger partial charge in [0.05, 0.1) is 11.5 Å². The van der Waals surface area contributed by atoms with E-state index in [9.17, 15) is 8.42 Å². The maximum atomic E-state index is 11.5. The van der Waals surface area contributed by atoms with Gasteiger partial charge >= 0.3 is 0 Å². The van der Waals surface area contributed by atoms with Gasteiger partial charge in [-0.2, -0.15) is 0 Å². The number of nitrogens with one attached hydrogen (secondary N) is 2. The van der Waals surface area contributed by atoms with E-state index in [2.05, 4.69) is 26.7 Å². The normalized spacial score (nSPS) is 19.5. The van der Waals surface area contributed by atoms with Crippen LogP contribution in [0.5, 0.6) is 0 Å². The Morgan fingerprint density at radius 3 is 2.39 bits per heavy atom. The number of aryl methyl sites for hydroxylation is 2. The molecular weight excluding hydrogens is 312 g/mol. The van der Waals surface area contributed by atoms with E-state index in [1.54, 1.807) is 6.07 Å². The summed E-state index contributed by atoms with van der Waals surface area (Å²) in [5.41, 5.74) is 3.32. The molecule has 0 amide bonds. The lowest BCUT2D eigenvalue weighted by atomic mass is 10.1. The van der Waals surface area contributed by atoms with Crippen LogP contribution in [-0.2, 0) is 9.84 Å². The third-order valence-electron chi connectivity index (χ3n) is 3.75. The number of anilines is 3. The summed E-state index contributed by atoms with van der Waals surface area (Å²) in [7, 11) is -2.91. The van der Waals surface area contributed by atoms with Crippen LogP contribution in [0.3, 0.4) is 0 Å². The van der Waals surface area contributed by atoms with Gasteiger partial charge in [-0.25, -0.2) is 18.4 Å². The van der Waals surface area contributed by atoms with Gasteiger partial charge in [-0.15, -0.1) is 0 Å². The van der Waals surface area contributed by atoms with Gasteiger partial charge in [-0.3, -0.25) is 0 Å². The molecule has 1 atom stereocenters. The van der Waals surface area contributed by atoms with Crippen molar-refractivity contribution in [3.05, 3.63) is 41.7 Å². The molecule has 0 spiro atoms. The highest BCUT2D eigenvalue weighted by atomic mass is 32.2. The summed E-state index contributed by atoms with van der Waals surface area (Å²) in [6.45, 7) is 4.09. The lowest BCUT2D eigenvalue weighted by Gasteiger charge is -2.13. The summed E-state index contributed by atoms with van der Waals surface area (Å²) >= 11 is 0. The van der Waals surface area contributed by atoms with Crippen LogP contribution in [0.15, 0.2) is 30.6 Å². The second-order valence-electron chi connectivity index (χ2n) is 6.03. The van der Waals surface area contributed by atoms with Crippen molar-refractivity contribution in [1.29, 1.82) is 0 Å². The molecule has 1 aromatic carbocycles. The van der Waals surface area contributed by atoms with Crippen molar-refractivity contribution in [2.45, 2.75) is 26.3 Å². The Kier molecular flexibility index (Phi) is 4.21. The van der Waals surface area contributed by atoms with Gasteiger partial charge in [0.1, 0.15) is 18.0 Å². The van der Waals surface area contributed by atoms with E-state index >= 15 is 0 Å². The Balaban J connectivity index is 1.72. The van der Waals surface area contributed by atoms with Crippen LogP contribution >= 0.6 is 0 Å². The summed E-state index contributed by atoms with van der Waals surface area (Å²) in [5, 5.41) is 6.43. The van der Waals surface area contributed by atoms with Crippen LogP contribution in [0, 0.1) is 13.8 Å². The van der Waals surface area contributed by atoms with Crippen molar-refractivity contribution in [1.82, 2.24) is 9.97 Å². The molecule has 1 aliphatic heterocycles. The fourth-order valence-corrected chi connectivity index (χ4v) is 4.49. The lowest BCUT2D eigenvalue weighted by Crippen LogP contribution is -2.21. The third-order valence-corrected chi connectivity index (χ3v) is 5.51. The molecule has 0 radical (unpaired) electrons. The molecule has 1 fully saturated rings. The summed E-state index contributed by atoms with van der Waals surface area (Å²) < 4.78 is 23.0. The average Bonchev–Trinajstić information content (AvgIpc) is 2.77. The predicted octanol–water partition coefficient (Wildman–Crippen LogP) is 2.44. The first-order valence-electron chi connectivity index (χ1n) is 7.54. The highest BCUT2D eigenvalue weighted by molar-refractivity contribution is 7.91. The highest BCUT2D eigenvalue weighted by Gasteiger charge is 2.27. The Labute approximate surface area is 136 Å². The first-order chi connectivity index (χ1) is 10.9. The monoisotopic (exact) mass is 332 g/mol. The number of sulfone groups is 1. The van der Waals surface area contributed by atoms with Crippen LogP contribution in [0.25, 0.3) is 0 Å². The van der Waals surface area contributed by atoms with E-state index < -0.39 is 9.84 Å². The topological polar surface area (TPSA) is 84.0 Å². The molecule has 0 bridgehead atoms. The lowest BCUT2D eigenvalue weighted by molar-refractivity contribution is 0.602. The number of rotatable bonds is 4. The van der Waals surface area contributed by atoms with Crippen molar-refractivity contribution >= 4 is 27.2 Å². The summed E-state index contributed by atoms with van der Waals surface area (Å²) in [6, 6.07) is 7.92. The summed E-state index contributed by atoms with van der Waals surface area (Å²) in [4.78, 5) is 8.39. The SMILES string of the molecule is Cc1cc(C)cc(Nc2cc(NC3CCS(=O)(=O)C3)ncn2)c1. The molecule has 3 rings (SSSR count). The van der Waals surface area contributed by atoms with Crippen molar-refractivity contribution in [3.63, 3.8) is 0 Å². The van der Waals surface area contributed by atoms with Gasteiger partial charge in [0.2, 0.25) is 0 Å². The maximum absolute atomic E-state index is 11.5. The molecule has 122 valence electrons. The molecule has 0 aliphatic carbocycles. The minimum Gasteiger partial charge on any atom is -0.366 e. The zero-order valence-electron chi connectivity index (χ0n) is 13.2. The van der Waals surface area contributed by atoms with Crippen molar-refractivity contribution < 1.29 is 8.42 Å². The van der Waals surface area contributed by atoms with Crippen LogP contribution in [0.2, 0.25) is 0 Å². The zero-order valence-corrected chi connectivity index (χ0v) is 14.0. The number of hydrogen-bond donors (Lipinski definition) is 2. The van der Waals surface area contributed by atoms with Gasteiger partial charge in [0.25, 0.3) is 0 Å². The number of hydrogen-bond acceptors (Lipinski definition) is 6. The van der Waals surface area contributed by atoms with Crippen molar-refractivity contribution in [2.24, 2.45) is 0 Å². The molecule has 2 N–H and O–H groups in total. The minimum absolute atomic E-state index is 0.0797. The van der Waals surface area contributed by atoms with Gasteiger partial charge in [0, 0.05) is 17.8 Å². The Morgan fingerprint density at radius 1 is 1.04 bits per heavy atom. The first-order valence-corrected chi connectivity index (χ1v) is 9.36. The third kappa shape index (κ3) is 4.19. The molecule has 23 heavy (non-hydrogen) atoms. The first kappa shape index (κ1) is 15.7. The molecule has 1 aliphatic rings. The largest absolute Gasteiger partial charge is 0.366 e. The average molecular weight is 332 g/mol. The van der Waals surface area contributed by atoms with Crippen LogP contribution in [-0.4, -0.2) is 35.9 Å². The Morgan fingerprint density at radius 2 is 1.74 bits per heavy atom. The number of benzene rings is 1. The summed E-state index contributed by atoms with van der Waals surface area (Å²) in [6.07, 6.45) is 2.09. The number of aromatic nitrogens is 2. The highest BCUT2D eigenvalue weighted by Crippen LogP contribution is 2.21. The maximum Gasteiger partial charge on any atom is 0.152 e.